The molecule has 0 aliphatic carbocycles. The van der Waals surface area contributed by atoms with Crippen LogP contribution in [0.4, 0.5) is 0 Å². The normalized spacial score (nSPS) is 13.2. The molecule has 0 amide bonds. The van der Waals surface area contributed by atoms with Gasteiger partial charge in [0, 0.05) is 27.7 Å². The summed E-state index contributed by atoms with van der Waals surface area (Å²) in [5, 5.41) is 3.63. The van der Waals surface area contributed by atoms with E-state index in [0.717, 1.165) is 45.4 Å². The Morgan fingerprint density at radius 2 is 1.66 bits per heavy atom. The lowest BCUT2D eigenvalue weighted by molar-refractivity contribution is 0.302. The number of aromatic nitrogens is 4. The summed E-state index contributed by atoms with van der Waals surface area (Å²) in [4.78, 5) is 17.8. The van der Waals surface area contributed by atoms with Crippen LogP contribution in [0.15, 0.2) is 48.5 Å². The van der Waals surface area contributed by atoms with Crippen LogP contribution in [0.5, 0.6) is 5.75 Å². The number of rotatable bonds is 3. The van der Waals surface area contributed by atoms with Crippen LogP contribution in [0.25, 0.3) is 53.6 Å². The molecule has 2 N–H and O–H groups in total. The average molecular weight is 479 g/mol. The number of aromatic amines is 2. The molecular formula is C29H26N4OS. The van der Waals surface area contributed by atoms with Gasteiger partial charge in [0.25, 0.3) is 0 Å². The predicted octanol–water partition coefficient (Wildman–Crippen LogP) is 8.13. The molecule has 0 spiro atoms. The van der Waals surface area contributed by atoms with E-state index in [1.54, 1.807) is 11.3 Å². The third-order valence-electron chi connectivity index (χ3n) is 6.93. The van der Waals surface area contributed by atoms with Crippen LogP contribution in [0.2, 0.25) is 0 Å². The number of benzene rings is 3. The molecule has 0 saturated carbocycles. The molecule has 0 saturated heterocycles. The molecule has 0 bridgehead atoms. The van der Waals surface area contributed by atoms with Crippen LogP contribution in [-0.2, 0) is 6.61 Å². The first-order valence-electron chi connectivity index (χ1n) is 12.2. The van der Waals surface area contributed by atoms with Crippen molar-refractivity contribution in [3.05, 3.63) is 65.9 Å². The molecule has 0 radical (unpaired) electrons. The molecule has 0 unspecified atom stereocenters. The Balaban J connectivity index is 1.34. The van der Waals surface area contributed by atoms with E-state index in [1.165, 1.54) is 31.3 Å². The zero-order valence-electron chi connectivity index (χ0n) is 20.2. The molecule has 3 aromatic heterocycles. The Bertz CT molecular complexity index is 1770. The fourth-order valence-corrected chi connectivity index (χ4v) is 6.14. The molecule has 174 valence electrons. The summed E-state index contributed by atoms with van der Waals surface area (Å²) in [5.41, 5.74) is 6.56. The molecule has 6 aromatic rings. The largest absolute Gasteiger partial charge is 0.485 e. The van der Waals surface area contributed by atoms with Crippen molar-refractivity contribution < 1.29 is 4.74 Å². The highest BCUT2D eigenvalue weighted by molar-refractivity contribution is 7.22. The number of fused-ring (bicyclic) bond motifs is 8. The van der Waals surface area contributed by atoms with Gasteiger partial charge in [-0.05, 0) is 40.6 Å². The van der Waals surface area contributed by atoms with Gasteiger partial charge in [-0.2, -0.15) is 0 Å². The predicted molar refractivity (Wildman–Crippen MR) is 145 cm³/mol. The van der Waals surface area contributed by atoms with Crippen molar-refractivity contribution in [1.29, 1.82) is 0 Å². The quantitative estimate of drug-likeness (QED) is 0.270. The summed E-state index contributed by atoms with van der Waals surface area (Å²) in [6.45, 7) is 9.15. The van der Waals surface area contributed by atoms with Gasteiger partial charge in [0.05, 0.1) is 21.4 Å². The van der Waals surface area contributed by atoms with Crippen LogP contribution in [-0.4, -0.2) is 19.9 Å². The van der Waals surface area contributed by atoms with Crippen molar-refractivity contribution in [3.8, 4) is 27.4 Å². The first-order chi connectivity index (χ1) is 17.0. The fourth-order valence-electron chi connectivity index (χ4n) is 4.99. The molecule has 7 rings (SSSR count). The van der Waals surface area contributed by atoms with E-state index < -0.39 is 0 Å². The van der Waals surface area contributed by atoms with Gasteiger partial charge in [-0.25, -0.2) is 9.97 Å². The number of hydrogen-bond donors (Lipinski definition) is 2. The van der Waals surface area contributed by atoms with Crippen molar-refractivity contribution in [2.24, 2.45) is 0 Å². The highest BCUT2D eigenvalue weighted by Crippen LogP contribution is 2.47. The maximum absolute atomic E-state index is 6.26. The van der Waals surface area contributed by atoms with E-state index in [2.05, 4.69) is 86.2 Å². The topological polar surface area (TPSA) is 66.6 Å². The van der Waals surface area contributed by atoms with E-state index in [0.29, 0.717) is 18.4 Å². The van der Waals surface area contributed by atoms with Crippen LogP contribution in [0, 0.1) is 0 Å². The molecule has 5 nitrogen and oxygen atoms in total. The number of nitrogens with zero attached hydrogens (tertiary/aromatic N) is 2. The Labute approximate surface area is 207 Å². The van der Waals surface area contributed by atoms with Crippen molar-refractivity contribution in [3.63, 3.8) is 0 Å². The highest BCUT2D eigenvalue weighted by atomic mass is 32.1. The van der Waals surface area contributed by atoms with E-state index in [-0.39, 0.29) is 0 Å². The SMILES string of the molecule is CC(C)c1nc2c([nH]1)-c1ccc3cc(-c4ccc5c(ccc6nc(C(C)C)[nH]c65)c4)sc3c1OC2. The minimum Gasteiger partial charge on any atom is -0.485 e. The van der Waals surface area contributed by atoms with Crippen molar-refractivity contribution in [1.82, 2.24) is 19.9 Å². The highest BCUT2D eigenvalue weighted by Gasteiger charge is 2.25. The maximum Gasteiger partial charge on any atom is 0.147 e. The van der Waals surface area contributed by atoms with Crippen LogP contribution in [0.3, 0.4) is 0 Å². The zero-order valence-corrected chi connectivity index (χ0v) is 21.0. The van der Waals surface area contributed by atoms with Crippen LogP contribution < -0.4 is 4.74 Å². The first kappa shape index (κ1) is 20.7. The van der Waals surface area contributed by atoms with Gasteiger partial charge in [-0.3, -0.25) is 0 Å². The van der Waals surface area contributed by atoms with Gasteiger partial charge in [-0.15, -0.1) is 11.3 Å². The summed E-state index contributed by atoms with van der Waals surface area (Å²) in [7, 11) is 0. The summed E-state index contributed by atoms with van der Waals surface area (Å²) in [6, 6.07) is 17.7. The lowest BCUT2D eigenvalue weighted by Crippen LogP contribution is -2.05. The zero-order chi connectivity index (χ0) is 23.8. The molecule has 4 heterocycles. The fraction of sp³-hybridized carbons (Fsp3) is 0.241. The molecule has 6 heteroatoms. The summed E-state index contributed by atoms with van der Waals surface area (Å²) in [6.07, 6.45) is 0. The Morgan fingerprint density at radius 3 is 2.49 bits per heavy atom. The smallest absolute Gasteiger partial charge is 0.147 e. The minimum atomic E-state index is 0.356. The molecule has 0 atom stereocenters. The first-order valence-corrected chi connectivity index (χ1v) is 13.0. The number of ether oxygens (including phenoxy) is 1. The number of nitrogens with one attached hydrogen (secondary N) is 2. The lowest BCUT2D eigenvalue weighted by Gasteiger charge is -2.17. The molecule has 1 aliphatic rings. The molecule has 1 aliphatic heterocycles. The lowest BCUT2D eigenvalue weighted by atomic mass is 10.0. The van der Waals surface area contributed by atoms with E-state index in [1.807, 2.05) is 0 Å². The average Bonchev–Trinajstić information content (AvgIpc) is 3.59. The summed E-state index contributed by atoms with van der Waals surface area (Å²) in [5.74, 6) is 3.74. The Kier molecular flexibility index (Phi) is 4.39. The molecule has 0 fully saturated rings. The van der Waals surface area contributed by atoms with Gasteiger partial charge in [0.2, 0.25) is 0 Å². The Morgan fingerprint density at radius 1 is 0.857 bits per heavy atom. The van der Waals surface area contributed by atoms with Crippen LogP contribution >= 0.6 is 11.3 Å². The third-order valence-corrected chi connectivity index (χ3v) is 8.13. The van der Waals surface area contributed by atoms with Gasteiger partial charge in [-0.1, -0.05) is 52.0 Å². The number of imidazole rings is 2. The summed E-state index contributed by atoms with van der Waals surface area (Å²) >= 11 is 1.79. The van der Waals surface area contributed by atoms with Gasteiger partial charge < -0.3 is 14.7 Å². The molecule has 35 heavy (non-hydrogen) atoms. The van der Waals surface area contributed by atoms with E-state index in [9.17, 15) is 0 Å². The number of H-pyrrole nitrogens is 2. The van der Waals surface area contributed by atoms with Crippen LogP contribution in [0.1, 0.15) is 56.9 Å². The monoisotopic (exact) mass is 478 g/mol. The molecular weight excluding hydrogens is 452 g/mol. The second-order valence-corrected chi connectivity index (χ2v) is 11.1. The van der Waals surface area contributed by atoms with Crippen molar-refractivity contribution >= 4 is 43.2 Å². The van der Waals surface area contributed by atoms with E-state index >= 15 is 0 Å². The van der Waals surface area contributed by atoms with Gasteiger partial charge >= 0.3 is 0 Å². The second kappa shape index (κ2) is 7.43. The van der Waals surface area contributed by atoms with E-state index in [4.69, 9.17) is 14.7 Å². The van der Waals surface area contributed by atoms with Gasteiger partial charge in [0.15, 0.2) is 0 Å². The molecule has 3 aromatic carbocycles. The number of hydrogen-bond acceptors (Lipinski definition) is 4. The number of thiophene rings is 1. The van der Waals surface area contributed by atoms with Crippen molar-refractivity contribution in [2.75, 3.05) is 0 Å². The van der Waals surface area contributed by atoms with Gasteiger partial charge in [0.1, 0.15) is 29.7 Å². The maximum atomic E-state index is 6.26. The standard InChI is InChI=1S/C29H26N4OS/c1-14(2)28-30-21-10-7-16-11-17(5-8-19(16)24(21)32-28)23-12-18-6-9-20-25-22(31-29(33-25)15(3)4)13-34-26(20)27(18)35-23/h5-12,14-15H,13H2,1-4H3,(H,30,32)(H,31,33). The summed E-state index contributed by atoms with van der Waals surface area (Å²) < 4.78 is 7.45. The third kappa shape index (κ3) is 3.13. The Hall–Kier alpha value is -3.64. The minimum absolute atomic E-state index is 0.356. The van der Waals surface area contributed by atoms with Crippen molar-refractivity contribution in [2.45, 2.75) is 46.1 Å². The second-order valence-electron chi connectivity index (χ2n) is 10.0.